The molecule has 0 amide bonds. The highest BCUT2D eigenvalue weighted by molar-refractivity contribution is 7.93. The van der Waals surface area contributed by atoms with Crippen LogP contribution in [0.3, 0.4) is 0 Å². The summed E-state index contributed by atoms with van der Waals surface area (Å²) in [6.07, 6.45) is 1.29. The maximum Gasteiger partial charge on any atom is 0.337 e. The highest BCUT2D eigenvalue weighted by Crippen LogP contribution is 2.44. The van der Waals surface area contributed by atoms with Crippen LogP contribution in [0.1, 0.15) is 15.9 Å². The maximum absolute atomic E-state index is 14.0. The number of hydrogen-bond donors (Lipinski definition) is 1. The smallest absolute Gasteiger partial charge is 0.337 e. The number of benzene rings is 3. The Morgan fingerprint density at radius 2 is 1.70 bits per heavy atom. The van der Waals surface area contributed by atoms with Gasteiger partial charge < -0.3 is 19.9 Å². The molecule has 4 aromatic rings. The Kier molecular flexibility index (Phi) is 7.91. The van der Waals surface area contributed by atoms with Gasteiger partial charge in [0.2, 0.25) is 5.95 Å². The van der Waals surface area contributed by atoms with E-state index in [0.717, 1.165) is 41.9 Å². The number of rotatable bonds is 6. The van der Waals surface area contributed by atoms with Crippen LogP contribution in [-0.4, -0.2) is 69.6 Å². The van der Waals surface area contributed by atoms with Crippen molar-refractivity contribution in [3.8, 4) is 11.3 Å². The maximum atomic E-state index is 14.0. The first kappa shape index (κ1) is 29.2. The molecule has 0 radical (unpaired) electrons. The quantitative estimate of drug-likeness (QED) is 0.276. The molecular weight excluding hydrogens is 611 g/mol. The van der Waals surface area contributed by atoms with Gasteiger partial charge in [-0.1, -0.05) is 29.3 Å². The molecule has 0 unspecified atom stereocenters. The van der Waals surface area contributed by atoms with E-state index in [2.05, 4.69) is 32.1 Å². The lowest BCUT2D eigenvalue weighted by atomic mass is 10.0. The van der Waals surface area contributed by atoms with E-state index in [0.29, 0.717) is 21.2 Å². The molecular formula is C30H28Cl2N6O4S. The lowest BCUT2D eigenvalue weighted by Crippen LogP contribution is -2.44. The fourth-order valence-corrected chi connectivity index (χ4v) is 7.24. The van der Waals surface area contributed by atoms with Crippen LogP contribution < -0.4 is 14.5 Å². The summed E-state index contributed by atoms with van der Waals surface area (Å²) in [5, 5.41) is 3.81. The van der Waals surface area contributed by atoms with Gasteiger partial charge in [0.1, 0.15) is 4.90 Å². The summed E-state index contributed by atoms with van der Waals surface area (Å²) in [6, 6.07) is 17.6. The highest BCUT2D eigenvalue weighted by Gasteiger charge is 2.38. The van der Waals surface area contributed by atoms with Gasteiger partial charge in [0.15, 0.2) is 0 Å². The van der Waals surface area contributed by atoms with Crippen molar-refractivity contribution < 1.29 is 17.9 Å². The number of aromatic nitrogens is 2. The molecule has 1 N–H and O–H groups in total. The molecule has 2 aliphatic rings. The van der Waals surface area contributed by atoms with E-state index in [1.165, 1.54) is 19.4 Å². The molecule has 0 aliphatic carbocycles. The van der Waals surface area contributed by atoms with Gasteiger partial charge >= 0.3 is 5.97 Å². The summed E-state index contributed by atoms with van der Waals surface area (Å²) in [5.41, 5.74) is 3.44. The molecule has 222 valence electrons. The Bertz CT molecular complexity index is 1790. The molecule has 0 atom stereocenters. The van der Waals surface area contributed by atoms with Crippen LogP contribution >= 0.6 is 23.2 Å². The fourth-order valence-electron chi connectivity index (χ4n) is 5.19. The Balaban J connectivity index is 1.36. The summed E-state index contributed by atoms with van der Waals surface area (Å²) in [6.45, 7) is 3.77. The van der Waals surface area contributed by atoms with Gasteiger partial charge in [-0.3, -0.25) is 4.31 Å². The van der Waals surface area contributed by atoms with Crippen molar-refractivity contribution in [1.29, 1.82) is 0 Å². The number of halogens is 2. The first-order valence-electron chi connectivity index (χ1n) is 13.5. The minimum absolute atomic E-state index is 0.0787. The van der Waals surface area contributed by atoms with Crippen molar-refractivity contribution in [2.45, 2.75) is 11.4 Å². The van der Waals surface area contributed by atoms with E-state index >= 15 is 0 Å². The summed E-state index contributed by atoms with van der Waals surface area (Å²) in [5.74, 6) is -0.376. The number of methoxy groups -OCH3 is 1. The topological polar surface area (TPSA) is 108 Å². The summed E-state index contributed by atoms with van der Waals surface area (Å²) in [7, 11) is -0.803. The lowest BCUT2D eigenvalue weighted by molar-refractivity contribution is 0.0600. The van der Waals surface area contributed by atoms with Crippen LogP contribution in [0.15, 0.2) is 71.8 Å². The molecule has 1 aromatic heterocycles. The molecule has 10 nitrogen and oxygen atoms in total. The van der Waals surface area contributed by atoms with Crippen LogP contribution in [-0.2, 0) is 21.3 Å². The van der Waals surface area contributed by atoms with Gasteiger partial charge in [-0.05, 0) is 61.6 Å². The Labute approximate surface area is 259 Å². The van der Waals surface area contributed by atoms with Gasteiger partial charge in [0.25, 0.3) is 10.0 Å². The first-order chi connectivity index (χ1) is 20.7. The molecule has 6 rings (SSSR count). The summed E-state index contributed by atoms with van der Waals surface area (Å²) < 4.78 is 34.1. The standard InChI is InChI=1S/C30H28Cl2N6O4S/c1-36-12-14-37(15-13-36)21-9-7-20(8-10-21)34-30-33-17-27-28(35-30)22-11-6-19(29(39)42-2)16-26(22)38(43(27,40)41)18-23-24(31)4-3-5-25(23)32/h3-11,16-17H,12-15,18H2,1-2H3,(H,33,34,35). The zero-order chi connectivity index (χ0) is 30.3. The molecule has 3 heterocycles. The number of esters is 1. The number of hydrogen-bond acceptors (Lipinski definition) is 9. The second-order valence-corrected chi connectivity index (χ2v) is 12.9. The van der Waals surface area contributed by atoms with Gasteiger partial charge in [-0.15, -0.1) is 0 Å². The first-order valence-corrected chi connectivity index (χ1v) is 15.7. The van der Waals surface area contributed by atoms with E-state index in [4.69, 9.17) is 27.9 Å². The Hall–Kier alpha value is -3.90. The van der Waals surface area contributed by atoms with E-state index in [-0.39, 0.29) is 34.3 Å². The lowest BCUT2D eigenvalue weighted by Gasteiger charge is -2.34. The van der Waals surface area contributed by atoms with Crippen molar-refractivity contribution in [2.24, 2.45) is 0 Å². The number of carbonyl (C=O) groups is 1. The molecule has 2 aliphatic heterocycles. The third-order valence-electron chi connectivity index (χ3n) is 7.62. The van der Waals surface area contributed by atoms with E-state index in [1.807, 2.05) is 24.3 Å². The Morgan fingerprint density at radius 3 is 2.37 bits per heavy atom. The van der Waals surface area contributed by atoms with Gasteiger partial charge in [-0.25, -0.2) is 23.2 Å². The molecule has 1 fully saturated rings. The van der Waals surface area contributed by atoms with Crippen LogP contribution in [0.4, 0.5) is 23.0 Å². The minimum Gasteiger partial charge on any atom is -0.465 e. The molecule has 0 saturated carbocycles. The number of nitrogens with zero attached hydrogens (tertiary/aromatic N) is 5. The third kappa shape index (κ3) is 5.61. The SMILES string of the molecule is COC(=O)c1ccc2c(c1)N(Cc1c(Cl)cccc1Cl)S(=O)(=O)c1cnc(Nc3ccc(N4CCN(C)CC4)cc3)nc1-2. The second-order valence-electron chi connectivity index (χ2n) is 10.3. The van der Waals surface area contributed by atoms with Gasteiger partial charge in [0.05, 0.1) is 36.8 Å². The van der Waals surface area contributed by atoms with E-state index in [9.17, 15) is 13.2 Å². The average Bonchev–Trinajstić information content (AvgIpc) is 3.00. The predicted octanol–water partition coefficient (Wildman–Crippen LogP) is 5.44. The largest absolute Gasteiger partial charge is 0.465 e. The monoisotopic (exact) mass is 638 g/mol. The number of fused-ring (bicyclic) bond motifs is 3. The highest BCUT2D eigenvalue weighted by atomic mass is 35.5. The van der Waals surface area contributed by atoms with Crippen LogP contribution in [0.2, 0.25) is 10.0 Å². The number of anilines is 4. The third-order valence-corrected chi connectivity index (χ3v) is 10.1. The average molecular weight is 640 g/mol. The van der Waals surface area contributed by atoms with E-state index in [1.54, 1.807) is 30.3 Å². The molecule has 0 bridgehead atoms. The number of sulfonamides is 1. The molecule has 13 heteroatoms. The van der Waals surface area contributed by atoms with Crippen LogP contribution in [0.25, 0.3) is 11.3 Å². The zero-order valence-corrected chi connectivity index (χ0v) is 25.7. The van der Waals surface area contributed by atoms with Crippen LogP contribution in [0, 0.1) is 0 Å². The number of carbonyl (C=O) groups excluding carboxylic acids is 1. The van der Waals surface area contributed by atoms with Crippen molar-refractivity contribution in [3.63, 3.8) is 0 Å². The zero-order valence-electron chi connectivity index (χ0n) is 23.4. The Morgan fingerprint density at radius 1 is 1.00 bits per heavy atom. The fraction of sp³-hybridized carbons (Fsp3) is 0.233. The molecule has 0 spiro atoms. The van der Waals surface area contributed by atoms with Crippen LogP contribution in [0.5, 0.6) is 0 Å². The van der Waals surface area contributed by atoms with Gasteiger partial charge in [0, 0.05) is 58.7 Å². The number of likely N-dealkylation sites (N-methyl/N-ethyl adjacent to an activating group) is 1. The summed E-state index contributed by atoms with van der Waals surface area (Å²) >= 11 is 12.8. The number of ether oxygens (including phenoxy) is 1. The van der Waals surface area contributed by atoms with Crippen molar-refractivity contribution in [2.75, 3.05) is 54.9 Å². The minimum atomic E-state index is -4.19. The second kappa shape index (κ2) is 11.6. The molecule has 43 heavy (non-hydrogen) atoms. The normalized spacial score (nSPS) is 15.9. The van der Waals surface area contributed by atoms with Crippen molar-refractivity contribution in [1.82, 2.24) is 14.9 Å². The van der Waals surface area contributed by atoms with Gasteiger partial charge in [-0.2, -0.15) is 0 Å². The van der Waals surface area contributed by atoms with E-state index < -0.39 is 16.0 Å². The van der Waals surface area contributed by atoms with Crippen molar-refractivity contribution in [3.05, 3.63) is 88.0 Å². The summed E-state index contributed by atoms with van der Waals surface area (Å²) in [4.78, 5) is 25.9. The van der Waals surface area contributed by atoms with Crippen molar-refractivity contribution >= 4 is 62.2 Å². The molecule has 3 aromatic carbocycles. The predicted molar refractivity (Wildman–Crippen MR) is 168 cm³/mol. The number of piperazine rings is 1. The number of nitrogens with one attached hydrogen (secondary N) is 1. The molecule has 1 saturated heterocycles.